The Bertz CT molecular complexity index is 2040. The minimum Gasteiger partial charge on any atom is -0.458 e. The summed E-state index contributed by atoms with van der Waals surface area (Å²) in [4.78, 5) is 29.1. The average molecular weight is 588 g/mol. The summed E-state index contributed by atoms with van der Waals surface area (Å²) in [5, 5.41) is 3.77. The van der Waals surface area contributed by atoms with Crippen molar-refractivity contribution in [3.63, 3.8) is 0 Å². The molecule has 0 saturated heterocycles. The summed E-state index contributed by atoms with van der Waals surface area (Å²) < 4.78 is 49.8. The number of imidazole rings is 1. The smallest absolute Gasteiger partial charge is 0.294 e. The largest absolute Gasteiger partial charge is 0.458 e. The number of halogens is 1. The topological polar surface area (TPSA) is 151 Å². The van der Waals surface area contributed by atoms with Gasteiger partial charge in [0, 0.05) is 0 Å². The summed E-state index contributed by atoms with van der Waals surface area (Å²) in [5.41, 5.74) is 3.17. The number of nitrogens with zero attached hydrogens (tertiary/aromatic N) is 3. The molecule has 0 amide bonds. The van der Waals surface area contributed by atoms with Crippen molar-refractivity contribution in [1.29, 1.82) is 0 Å². The second kappa shape index (κ2) is 11.9. The maximum absolute atomic E-state index is 14.0. The molecule has 0 spiro atoms. The average Bonchev–Trinajstić information content (AvgIpc) is 3.46. The summed E-state index contributed by atoms with van der Waals surface area (Å²) in [6.45, 7) is 3.80. The van der Waals surface area contributed by atoms with E-state index < -0.39 is 22.0 Å². The Morgan fingerprint density at radius 3 is 2.50 bits per heavy atom. The lowest BCUT2D eigenvalue weighted by atomic mass is 9.97. The number of aryl methyl sites for hydroxylation is 1. The van der Waals surface area contributed by atoms with Gasteiger partial charge in [-0.3, -0.25) is 9.35 Å². The van der Waals surface area contributed by atoms with Crippen molar-refractivity contribution in [3.8, 4) is 11.1 Å². The van der Waals surface area contributed by atoms with Crippen LogP contribution in [0.25, 0.3) is 33.3 Å². The summed E-state index contributed by atoms with van der Waals surface area (Å²) in [5.74, 6) is 0.504. The van der Waals surface area contributed by atoms with Crippen LogP contribution < -0.4 is 10.7 Å². The van der Waals surface area contributed by atoms with Gasteiger partial charge in [0.25, 0.3) is 10.1 Å². The molecule has 0 aliphatic carbocycles. The van der Waals surface area contributed by atoms with E-state index in [1.165, 1.54) is 30.6 Å². The Morgan fingerprint density at radius 2 is 1.79 bits per heavy atom. The number of benzene rings is 3. The first-order valence-corrected chi connectivity index (χ1v) is 14.4. The van der Waals surface area contributed by atoms with E-state index in [2.05, 4.69) is 25.3 Å². The highest BCUT2D eigenvalue weighted by atomic mass is 32.2. The number of H-pyrrole nitrogens is 1. The number of aromatic nitrogens is 4. The van der Waals surface area contributed by atoms with E-state index in [-0.39, 0.29) is 10.3 Å². The molecule has 42 heavy (non-hydrogen) atoms. The highest BCUT2D eigenvalue weighted by Crippen LogP contribution is 2.33. The monoisotopic (exact) mass is 587 g/mol. The van der Waals surface area contributed by atoms with Gasteiger partial charge in [-0.15, -0.1) is 0 Å². The lowest BCUT2D eigenvalue weighted by molar-refractivity contribution is 0.483. The van der Waals surface area contributed by atoms with Crippen LogP contribution in [-0.4, -0.2) is 32.9 Å². The van der Waals surface area contributed by atoms with Crippen molar-refractivity contribution < 1.29 is 21.8 Å². The molecule has 3 heterocycles. The molecule has 6 aromatic rings. The molecular weight excluding hydrogens is 561 g/mol. The number of rotatable bonds is 6. The molecule has 0 radical (unpaired) electrons. The van der Waals surface area contributed by atoms with Crippen LogP contribution in [0.2, 0.25) is 0 Å². The molecule has 0 aliphatic heterocycles. The molecule has 12 heteroatoms. The summed E-state index contributed by atoms with van der Waals surface area (Å²) in [6, 6.07) is 18.6. The molecule has 0 saturated carbocycles. The zero-order valence-corrected chi connectivity index (χ0v) is 23.4. The Morgan fingerprint density at radius 1 is 1.02 bits per heavy atom. The van der Waals surface area contributed by atoms with Crippen LogP contribution >= 0.6 is 0 Å². The molecule has 0 aliphatic rings. The number of hydrogen-bond acceptors (Lipinski definition) is 8. The van der Waals surface area contributed by atoms with E-state index in [9.17, 15) is 17.6 Å². The van der Waals surface area contributed by atoms with Gasteiger partial charge in [-0.2, -0.15) is 8.42 Å². The van der Waals surface area contributed by atoms with Crippen LogP contribution in [0, 0.1) is 12.7 Å². The van der Waals surface area contributed by atoms with Gasteiger partial charge < -0.3 is 14.7 Å². The predicted octanol–water partition coefficient (Wildman–Crippen LogP) is 6.07. The highest BCUT2D eigenvalue weighted by molar-refractivity contribution is 7.85. The Hall–Kier alpha value is -4.94. The van der Waals surface area contributed by atoms with Crippen molar-refractivity contribution in [2.24, 2.45) is 0 Å². The lowest BCUT2D eigenvalue weighted by Crippen LogP contribution is -2.17. The fourth-order valence-electron chi connectivity index (χ4n) is 4.42. The quantitative estimate of drug-likeness (QED) is 0.197. The molecule has 0 bridgehead atoms. The molecular formula is C30H26FN5O5S. The standard InChI is InChI=1S/C23H18FN5O2.C7H8O3S/c1-2-16(29-23-19-22(26-11-25-19)27-12-28-23)21-18(13-6-5-7-14(24)10-13)20(30)15-8-3-4-9-17(15)31-21;1-6-2-4-7(5-3-6)11(8,9)10/h3-12,16H,2H2,1H3,(H2,25,26,27,28,29);2-5H,1H3,(H,8,9,10). The second-order valence-corrected chi connectivity index (χ2v) is 10.8. The van der Waals surface area contributed by atoms with Crippen molar-refractivity contribution in [2.75, 3.05) is 5.32 Å². The van der Waals surface area contributed by atoms with E-state index in [1.807, 2.05) is 19.9 Å². The van der Waals surface area contributed by atoms with Crippen LogP contribution in [-0.2, 0) is 10.1 Å². The Labute approximate surface area is 240 Å². The third-order valence-corrected chi connectivity index (χ3v) is 7.38. The Kier molecular flexibility index (Phi) is 8.09. The van der Waals surface area contributed by atoms with Crippen LogP contribution in [0.5, 0.6) is 0 Å². The maximum atomic E-state index is 14.0. The molecule has 1 atom stereocenters. The van der Waals surface area contributed by atoms with E-state index in [1.54, 1.807) is 48.8 Å². The van der Waals surface area contributed by atoms with E-state index in [4.69, 9.17) is 8.97 Å². The van der Waals surface area contributed by atoms with Gasteiger partial charge >= 0.3 is 0 Å². The Balaban J connectivity index is 0.000000271. The number of fused-ring (bicyclic) bond motifs is 2. The zero-order chi connectivity index (χ0) is 29.9. The van der Waals surface area contributed by atoms with Gasteiger partial charge in [0.1, 0.15) is 29.0 Å². The number of aromatic amines is 1. The van der Waals surface area contributed by atoms with Gasteiger partial charge in [0.05, 0.1) is 28.2 Å². The fraction of sp³-hybridized carbons (Fsp3) is 0.133. The molecule has 214 valence electrons. The molecule has 1 unspecified atom stereocenters. The summed E-state index contributed by atoms with van der Waals surface area (Å²) in [6.07, 6.45) is 3.55. The zero-order valence-electron chi connectivity index (χ0n) is 22.6. The first-order valence-electron chi connectivity index (χ1n) is 12.9. The van der Waals surface area contributed by atoms with Gasteiger partial charge in [0.2, 0.25) is 5.43 Å². The summed E-state index contributed by atoms with van der Waals surface area (Å²) in [7, 11) is -4.02. The lowest BCUT2D eigenvalue weighted by Gasteiger charge is -2.20. The van der Waals surface area contributed by atoms with Crippen molar-refractivity contribution in [2.45, 2.75) is 31.2 Å². The molecule has 3 aromatic carbocycles. The van der Waals surface area contributed by atoms with E-state index in [0.29, 0.717) is 51.3 Å². The molecule has 0 fully saturated rings. The van der Waals surface area contributed by atoms with Crippen molar-refractivity contribution in [1.82, 2.24) is 19.9 Å². The second-order valence-electron chi connectivity index (χ2n) is 9.39. The summed E-state index contributed by atoms with van der Waals surface area (Å²) >= 11 is 0. The predicted molar refractivity (Wildman–Crippen MR) is 157 cm³/mol. The molecule has 10 nitrogen and oxygen atoms in total. The van der Waals surface area contributed by atoms with E-state index >= 15 is 0 Å². The van der Waals surface area contributed by atoms with Crippen LogP contribution in [0.3, 0.4) is 0 Å². The third kappa shape index (κ3) is 6.04. The number of anilines is 1. The van der Waals surface area contributed by atoms with Crippen LogP contribution in [0.15, 0.2) is 99.6 Å². The minimum atomic E-state index is -4.02. The van der Waals surface area contributed by atoms with Gasteiger partial charge in [-0.25, -0.2) is 19.3 Å². The van der Waals surface area contributed by atoms with Crippen LogP contribution in [0.4, 0.5) is 10.2 Å². The van der Waals surface area contributed by atoms with Gasteiger partial charge in [-0.1, -0.05) is 48.9 Å². The van der Waals surface area contributed by atoms with E-state index in [0.717, 1.165) is 5.56 Å². The highest BCUT2D eigenvalue weighted by Gasteiger charge is 2.24. The van der Waals surface area contributed by atoms with Crippen LogP contribution in [0.1, 0.15) is 30.7 Å². The number of nitrogens with one attached hydrogen (secondary N) is 2. The molecule has 3 aromatic heterocycles. The SMILES string of the molecule is CCC(Nc1ncnc2[nH]cnc12)c1oc2ccccc2c(=O)c1-c1cccc(F)c1.Cc1ccc(S(=O)(=O)O)cc1. The fourth-order valence-corrected chi connectivity index (χ4v) is 4.90. The number of hydrogen-bond donors (Lipinski definition) is 3. The normalized spacial score (nSPS) is 12.1. The van der Waals surface area contributed by atoms with Gasteiger partial charge in [-0.05, 0) is 55.3 Å². The molecule has 6 rings (SSSR count). The first-order chi connectivity index (χ1) is 20.2. The van der Waals surface area contributed by atoms with Gasteiger partial charge in [0.15, 0.2) is 11.5 Å². The van der Waals surface area contributed by atoms with Crippen molar-refractivity contribution >= 4 is 38.1 Å². The minimum absolute atomic E-state index is 0.0666. The maximum Gasteiger partial charge on any atom is 0.294 e. The molecule has 3 N–H and O–H groups in total. The first kappa shape index (κ1) is 28.6. The third-order valence-electron chi connectivity index (χ3n) is 6.51. The number of para-hydroxylation sites is 1. The van der Waals surface area contributed by atoms with Crippen molar-refractivity contribution in [3.05, 3.63) is 113 Å².